The maximum absolute atomic E-state index is 14.1. The van der Waals surface area contributed by atoms with E-state index in [4.69, 9.17) is 22.1 Å². The van der Waals surface area contributed by atoms with Crippen LogP contribution in [0.15, 0.2) is 54.7 Å². The van der Waals surface area contributed by atoms with Crippen molar-refractivity contribution in [3.8, 4) is 11.4 Å². The van der Waals surface area contributed by atoms with Gasteiger partial charge in [0, 0.05) is 37.4 Å². The molecule has 3 aromatic carbocycles. The molecule has 13 heteroatoms. The van der Waals surface area contributed by atoms with E-state index in [1.165, 1.54) is 27.8 Å². The van der Waals surface area contributed by atoms with Gasteiger partial charge in [-0.2, -0.15) is 0 Å². The second kappa shape index (κ2) is 11.2. The van der Waals surface area contributed by atoms with Crippen molar-refractivity contribution in [3.63, 3.8) is 0 Å². The number of halogens is 3. The van der Waals surface area contributed by atoms with Crippen LogP contribution in [-0.2, 0) is 11.3 Å². The summed E-state index contributed by atoms with van der Waals surface area (Å²) in [4.78, 5) is 31.8. The average molecular weight is 608 g/mol. The van der Waals surface area contributed by atoms with Gasteiger partial charge in [0.25, 0.3) is 11.8 Å². The number of carbonyl (C=O) groups is 2. The molecule has 0 radical (unpaired) electrons. The summed E-state index contributed by atoms with van der Waals surface area (Å²) in [5.41, 5.74) is 9.03. The fraction of sp³-hybridized carbons (Fsp3) is 0.267. The quantitative estimate of drug-likeness (QED) is 0.336. The van der Waals surface area contributed by atoms with Gasteiger partial charge in [0.2, 0.25) is 0 Å². The molecule has 2 aliphatic rings. The van der Waals surface area contributed by atoms with Crippen molar-refractivity contribution in [2.45, 2.75) is 26.4 Å². The standard InChI is InChI=1S/C30H28ClF2N7O3/c1-17-3-5-21(30(42)38-8-7-37(13-18(38)2)20-4-6-22(31)23(32)10-20)26(9-17)40-15-19(35-36-40)14-39-27-12-25(34)24(33)11-28(27)43-16-29(39)41/h3-6,9-12,15,18H,7-8,13-14,16,34H2,1-2H3. The molecular weight excluding hydrogens is 580 g/mol. The molecule has 1 unspecified atom stereocenters. The predicted octanol–water partition coefficient (Wildman–Crippen LogP) is 4.37. The minimum absolute atomic E-state index is 0.0413. The molecule has 1 aromatic heterocycles. The lowest BCUT2D eigenvalue weighted by Crippen LogP contribution is -2.54. The van der Waals surface area contributed by atoms with Gasteiger partial charge < -0.3 is 20.3 Å². The first-order valence-corrected chi connectivity index (χ1v) is 14.0. The van der Waals surface area contributed by atoms with E-state index >= 15 is 0 Å². The largest absolute Gasteiger partial charge is 0.481 e. The van der Waals surface area contributed by atoms with Crippen LogP contribution >= 0.6 is 11.6 Å². The Hall–Kier alpha value is -4.71. The zero-order valence-electron chi connectivity index (χ0n) is 23.4. The number of nitrogens with zero attached hydrogens (tertiary/aromatic N) is 6. The Morgan fingerprint density at radius 1 is 1.09 bits per heavy atom. The highest BCUT2D eigenvalue weighted by Crippen LogP contribution is 2.36. The van der Waals surface area contributed by atoms with Crippen molar-refractivity contribution < 1.29 is 23.1 Å². The lowest BCUT2D eigenvalue weighted by molar-refractivity contribution is -0.121. The molecule has 2 N–H and O–H groups in total. The highest BCUT2D eigenvalue weighted by atomic mass is 35.5. The number of hydrogen-bond donors (Lipinski definition) is 1. The molecule has 10 nitrogen and oxygen atoms in total. The Labute approximate surface area is 251 Å². The number of benzene rings is 3. The molecule has 1 saturated heterocycles. The van der Waals surface area contributed by atoms with E-state index in [0.717, 1.165) is 11.6 Å². The molecule has 6 rings (SSSR count). The van der Waals surface area contributed by atoms with Crippen LogP contribution < -0.4 is 20.3 Å². The molecule has 2 amide bonds. The third-order valence-electron chi connectivity index (χ3n) is 7.67. The molecule has 0 spiro atoms. The summed E-state index contributed by atoms with van der Waals surface area (Å²) < 4.78 is 34.9. The fourth-order valence-electron chi connectivity index (χ4n) is 5.40. The van der Waals surface area contributed by atoms with E-state index in [1.54, 1.807) is 23.2 Å². The lowest BCUT2D eigenvalue weighted by atomic mass is 10.1. The van der Waals surface area contributed by atoms with Gasteiger partial charge in [0.1, 0.15) is 23.1 Å². The van der Waals surface area contributed by atoms with Crippen LogP contribution in [0.2, 0.25) is 5.02 Å². The summed E-state index contributed by atoms with van der Waals surface area (Å²) >= 11 is 5.85. The van der Waals surface area contributed by atoms with Crippen molar-refractivity contribution in [3.05, 3.63) is 88.2 Å². The van der Waals surface area contributed by atoms with Gasteiger partial charge in [-0.05, 0) is 55.8 Å². The Bertz CT molecular complexity index is 1750. The molecule has 43 heavy (non-hydrogen) atoms. The van der Waals surface area contributed by atoms with E-state index < -0.39 is 11.6 Å². The molecule has 3 heterocycles. The summed E-state index contributed by atoms with van der Waals surface area (Å²) in [5, 5.41) is 8.58. The molecule has 0 aliphatic carbocycles. The summed E-state index contributed by atoms with van der Waals surface area (Å²) in [6.07, 6.45) is 1.65. The fourth-order valence-corrected chi connectivity index (χ4v) is 5.52. The van der Waals surface area contributed by atoms with Gasteiger partial charge >= 0.3 is 0 Å². The Balaban J connectivity index is 1.23. The molecule has 0 bridgehead atoms. The van der Waals surface area contributed by atoms with Gasteiger partial charge in [-0.25, -0.2) is 13.5 Å². The van der Waals surface area contributed by atoms with Crippen LogP contribution in [0, 0.1) is 18.6 Å². The number of piperazine rings is 1. The van der Waals surface area contributed by atoms with Crippen molar-refractivity contribution in [1.82, 2.24) is 19.9 Å². The number of ether oxygens (including phenoxy) is 1. The first kappa shape index (κ1) is 28.4. The van der Waals surface area contributed by atoms with Crippen LogP contribution in [0.5, 0.6) is 5.75 Å². The Morgan fingerprint density at radius 2 is 1.91 bits per heavy atom. The minimum atomic E-state index is -0.634. The molecule has 0 saturated carbocycles. The van der Waals surface area contributed by atoms with Crippen LogP contribution in [0.1, 0.15) is 28.5 Å². The SMILES string of the molecule is Cc1ccc(C(=O)N2CCN(c3ccc(Cl)c(F)c3)CC2C)c(-n2cc(CN3C(=O)COc4cc(F)c(N)cc43)nn2)c1. The molecule has 2 aliphatic heterocycles. The number of aromatic nitrogens is 3. The normalized spacial score (nSPS) is 16.7. The first-order chi connectivity index (χ1) is 20.6. The Kier molecular flexibility index (Phi) is 7.38. The minimum Gasteiger partial charge on any atom is -0.481 e. The van der Waals surface area contributed by atoms with Gasteiger partial charge in [-0.3, -0.25) is 14.5 Å². The third-order valence-corrected chi connectivity index (χ3v) is 7.98. The number of fused-ring (bicyclic) bond motifs is 1. The first-order valence-electron chi connectivity index (χ1n) is 13.6. The van der Waals surface area contributed by atoms with Crippen LogP contribution in [0.3, 0.4) is 0 Å². The van der Waals surface area contributed by atoms with E-state index in [0.29, 0.717) is 48.0 Å². The highest BCUT2D eigenvalue weighted by molar-refractivity contribution is 6.30. The van der Waals surface area contributed by atoms with Crippen molar-refractivity contribution in [2.75, 3.05) is 41.8 Å². The maximum atomic E-state index is 14.1. The number of aryl methyl sites for hydroxylation is 1. The predicted molar refractivity (Wildman–Crippen MR) is 158 cm³/mol. The van der Waals surface area contributed by atoms with E-state index in [2.05, 4.69) is 10.3 Å². The smallest absolute Gasteiger partial charge is 0.265 e. The number of amides is 2. The zero-order valence-corrected chi connectivity index (χ0v) is 24.2. The maximum Gasteiger partial charge on any atom is 0.265 e. The van der Waals surface area contributed by atoms with Crippen molar-refractivity contribution in [1.29, 1.82) is 0 Å². The number of hydrogen-bond acceptors (Lipinski definition) is 7. The average Bonchev–Trinajstić information content (AvgIpc) is 3.45. The number of nitrogen functional groups attached to an aromatic ring is 1. The monoisotopic (exact) mass is 607 g/mol. The Morgan fingerprint density at radius 3 is 2.67 bits per heavy atom. The summed E-state index contributed by atoms with van der Waals surface area (Å²) in [5.74, 6) is -1.42. The van der Waals surface area contributed by atoms with Crippen LogP contribution in [0.25, 0.3) is 5.69 Å². The van der Waals surface area contributed by atoms with Crippen molar-refractivity contribution in [2.24, 2.45) is 0 Å². The number of rotatable bonds is 5. The summed E-state index contributed by atoms with van der Waals surface area (Å²) in [6, 6.07) is 12.5. The molecule has 1 fully saturated rings. The van der Waals surface area contributed by atoms with Gasteiger partial charge in [-0.15, -0.1) is 5.10 Å². The van der Waals surface area contributed by atoms with E-state index in [1.807, 2.05) is 30.9 Å². The number of anilines is 3. The van der Waals surface area contributed by atoms with Gasteiger partial charge in [-0.1, -0.05) is 22.9 Å². The number of carbonyl (C=O) groups excluding carboxylic acids is 2. The third kappa shape index (κ3) is 5.45. The van der Waals surface area contributed by atoms with Gasteiger partial charge in [0.15, 0.2) is 6.61 Å². The van der Waals surface area contributed by atoms with Crippen LogP contribution in [0.4, 0.5) is 25.8 Å². The van der Waals surface area contributed by atoms with E-state index in [9.17, 15) is 18.4 Å². The topological polar surface area (TPSA) is 110 Å². The molecule has 1 atom stereocenters. The summed E-state index contributed by atoms with van der Waals surface area (Å²) in [7, 11) is 0. The lowest BCUT2D eigenvalue weighted by Gasteiger charge is -2.41. The van der Waals surface area contributed by atoms with Crippen molar-refractivity contribution >= 4 is 40.5 Å². The number of nitrogens with two attached hydrogens (primary N) is 1. The zero-order chi connectivity index (χ0) is 30.4. The molecule has 4 aromatic rings. The molecular formula is C30H28ClF2N7O3. The van der Waals surface area contributed by atoms with Crippen LogP contribution in [-0.4, -0.2) is 64.0 Å². The summed E-state index contributed by atoms with van der Waals surface area (Å²) in [6.45, 7) is 5.13. The highest BCUT2D eigenvalue weighted by Gasteiger charge is 2.31. The second-order valence-electron chi connectivity index (χ2n) is 10.7. The van der Waals surface area contributed by atoms with Gasteiger partial charge in [0.05, 0.1) is 40.4 Å². The molecule has 222 valence electrons. The second-order valence-corrected chi connectivity index (χ2v) is 11.1. The van der Waals surface area contributed by atoms with E-state index in [-0.39, 0.29) is 47.5 Å².